The quantitative estimate of drug-likeness (QED) is 0.756. The third kappa shape index (κ3) is 3.73. The fourth-order valence-corrected chi connectivity index (χ4v) is 1.40. The minimum absolute atomic E-state index is 0.295. The molecule has 1 rings (SSSR count). The Morgan fingerprint density at radius 2 is 2.08 bits per heavy atom. The van der Waals surface area contributed by atoms with Crippen molar-refractivity contribution in [2.45, 2.75) is 19.4 Å². The van der Waals surface area contributed by atoms with E-state index in [0.29, 0.717) is 6.61 Å². The van der Waals surface area contributed by atoms with E-state index in [1.54, 1.807) is 0 Å². The van der Waals surface area contributed by atoms with Crippen molar-refractivity contribution in [1.29, 1.82) is 0 Å². The average molecular weight is 200 g/mol. The summed E-state index contributed by atoms with van der Waals surface area (Å²) in [5.74, 6) is -0.867. The summed E-state index contributed by atoms with van der Waals surface area (Å²) in [7, 11) is -2.30. The summed E-state index contributed by atoms with van der Waals surface area (Å²) in [6.07, 6.45) is 0. The van der Waals surface area contributed by atoms with Gasteiger partial charge in [0.1, 0.15) is 5.85 Å². The smallest absolute Gasteiger partial charge is 0.219 e. The van der Waals surface area contributed by atoms with Crippen LogP contribution in [0.15, 0.2) is 30.3 Å². The van der Waals surface area contributed by atoms with Crippen LogP contribution in [-0.4, -0.2) is 11.0 Å². The highest BCUT2D eigenvalue weighted by Gasteiger charge is 2.06. The molecule has 1 aromatic rings. The molecule has 72 valence electrons. The molecule has 0 spiro atoms. The van der Waals surface area contributed by atoms with Crippen LogP contribution < -0.4 is 0 Å². The van der Waals surface area contributed by atoms with E-state index in [4.69, 9.17) is 9.63 Å². The minimum Gasteiger partial charge on any atom is -0.384 e. The molecular formula is C9H13O3P. The second-order valence-electron chi connectivity index (χ2n) is 2.77. The Kier molecular flexibility index (Phi) is 4.16. The highest BCUT2D eigenvalue weighted by molar-refractivity contribution is 7.39. The average Bonchev–Trinajstić information content (AvgIpc) is 2.15. The first-order chi connectivity index (χ1) is 6.20. The molecule has 2 unspecified atom stereocenters. The third-order valence-corrected chi connectivity index (χ3v) is 2.68. The van der Waals surface area contributed by atoms with Crippen molar-refractivity contribution in [2.24, 2.45) is 0 Å². The summed E-state index contributed by atoms with van der Waals surface area (Å²) in [4.78, 5) is 0. The molecule has 4 heteroatoms. The molecule has 0 radical (unpaired) electrons. The molecule has 0 fully saturated rings. The van der Waals surface area contributed by atoms with Crippen LogP contribution >= 0.6 is 8.03 Å². The lowest BCUT2D eigenvalue weighted by Gasteiger charge is -2.05. The number of hydrogen-bond acceptors (Lipinski definition) is 3. The van der Waals surface area contributed by atoms with E-state index in [9.17, 15) is 4.57 Å². The van der Waals surface area contributed by atoms with Gasteiger partial charge in [0.25, 0.3) is 0 Å². The Morgan fingerprint density at radius 1 is 1.46 bits per heavy atom. The van der Waals surface area contributed by atoms with Crippen LogP contribution in [-0.2, 0) is 15.7 Å². The van der Waals surface area contributed by atoms with E-state index in [1.807, 2.05) is 30.3 Å². The van der Waals surface area contributed by atoms with Gasteiger partial charge in [-0.1, -0.05) is 30.3 Å². The van der Waals surface area contributed by atoms with Crippen molar-refractivity contribution in [1.82, 2.24) is 0 Å². The Balaban J connectivity index is 2.40. The zero-order valence-electron chi connectivity index (χ0n) is 7.43. The molecule has 0 aromatic heterocycles. The van der Waals surface area contributed by atoms with Gasteiger partial charge in [0.05, 0.1) is 6.61 Å². The maximum Gasteiger partial charge on any atom is 0.219 e. The fraction of sp³-hybridized carbons (Fsp3) is 0.333. The number of rotatable bonds is 4. The first-order valence-corrected chi connectivity index (χ1v) is 5.48. The first-order valence-electron chi connectivity index (χ1n) is 4.09. The summed E-state index contributed by atoms with van der Waals surface area (Å²) in [5, 5.41) is 8.91. The molecule has 0 aliphatic rings. The fourth-order valence-electron chi connectivity index (χ4n) is 0.849. The minimum atomic E-state index is -2.30. The largest absolute Gasteiger partial charge is 0.384 e. The zero-order valence-corrected chi connectivity index (χ0v) is 8.43. The van der Waals surface area contributed by atoms with Gasteiger partial charge in [-0.2, -0.15) is 0 Å². The van der Waals surface area contributed by atoms with Crippen LogP contribution in [0.4, 0.5) is 0 Å². The van der Waals surface area contributed by atoms with Gasteiger partial charge in [0.2, 0.25) is 8.03 Å². The molecule has 2 atom stereocenters. The zero-order chi connectivity index (χ0) is 9.68. The van der Waals surface area contributed by atoms with Gasteiger partial charge in [-0.05, 0) is 12.5 Å². The maximum absolute atomic E-state index is 11.0. The summed E-state index contributed by atoms with van der Waals surface area (Å²) < 4.78 is 16.0. The predicted molar refractivity (Wildman–Crippen MR) is 51.9 cm³/mol. The van der Waals surface area contributed by atoms with E-state index in [0.717, 1.165) is 5.56 Å². The van der Waals surface area contributed by atoms with Gasteiger partial charge in [0.15, 0.2) is 0 Å². The molecule has 0 saturated heterocycles. The molecule has 0 amide bonds. The van der Waals surface area contributed by atoms with Gasteiger partial charge < -0.3 is 9.63 Å². The Labute approximate surface area is 78.2 Å². The van der Waals surface area contributed by atoms with Crippen molar-refractivity contribution in [2.75, 3.05) is 0 Å². The van der Waals surface area contributed by atoms with Crippen LogP contribution in [0.3, 0.4) is 0 Å². The second-order valence-corrected chi connectivity index (χ2v) is 4.53. The van der Waals surface area contributed by atoms with Crippen molar-refractivity contribution in [3.8, 4) is 0 Å². The molecule has 0 aliphatic carbocycles. The summed E-state index contributed by atoms with van der Waals surface area (Å²) in [5.41, 5.74) is 0.960. The van der Waals surface area contributed by atoms with Crippen LogP contribution in [0.25, 0.3) is 0 Å². The number of hydrogen-bond donors (Lipinski definition) is 1. The SMILES string of the molecule is CC(O)[PH](=O)OCc1ccccc1. The molecule has 1 N–H and O–H groups in total. The van der Waals surface area contributed by atoms with Gasteiger partial charge in [-0.25, -0.2) is 0 Å². The van der Waals surface area contributed by atoms with Gasteiger partial charge in [-0.15, -0.1) is 0 Å². The summed E-state index contributed by atoms with van der Waals surface area (Å²) in [6.45, 7) is 1.76. The monoisotopic (exact) mass is 200 g/mol. The Hall–Kier alpha value is -0.630. The van der Waals surface area contributed by atoms with Gasteiger partial charge >= 0.3 is 0 Å². The van der Waals surface area contributed by atoms with Crippen molar-refractivity contribution >= 4 is 8.03 Å². The van der Waals surface area contributed by atoms with E-state index in [1.165, 1.54) is 6.92 Å². The van der Waals surface area contributed by atoms with Crippen LogP contribution in [0.1, 0.15) is 12.5 Å². The molecule has 0 aliphatic heterocycles. The van der Waals surface area contributed by atoms with E-state index >= 15 is 0 Å². The number of benzene rings is 1. The van der Waals surface area contributed by atoms with Gasteiger partial charge in [0, 0.05) is 0 Å². The second kappa shape index (κ2) is 5.18. The lowest BCUT2D eigenvalue weighted by molar-refractivity contribution is 0.228. The summed E-state index contributed by atoms with van der Waals surface area (Å²) >= 11 is 0. The number of aliphatic hydroxyl groups excluding tert-OH is 1. The highest BCUT2D eigenvalue weighted by Crippen LogP contribution is 2.28. The highest BCUT2D eigenvalue weighted by atomic mass is 31.1. The molecule has 3 nitrogen and oxygen atoms in total. The Morgan fingerprint density at radius 3 is 2.62 bits per heavy atom. The van der Waals surface area contributed by atoms with E-state index in [-0.39, 0.29) is 0 Å². The van der Waals surface area contributed by atoms with E-state index < -0.39 is 13.9 Å². The van der Waals surface area contributed by atoms with Crippen LogP contribution in [0.2, 0.25) is 0 Å². The molecular weight excluding hydrogens is 187 g/mol. The van der Waals surface area contributed by atoms with Crippen molar-refractivity contribution in [3.63, 3.8) is 0 Å². The molecule has 0 heterocycles. The third-order valence-electron chi connectivity index (χ3n) is 1.57. The van der Waals surface area contributed by atoms with Crippen molar-refractivity contribution in [3.05, 3.63) is 35.9 Å². The number of aliphatic hydroxyl groups is 1. The molecule has 0 saturated carbocycles. The van der Waals surface area contributed by atoms with Crippen LogP contribution in [0.5, 0.6) is 0 Å². The van der Waals surface area contributed by atoms with Crippen LogP contribution in [0, 0.1) is 0 Å². The molecule has 1 aromatic carbocycles. The lowest BCUT2D eigenvalue weighted by Crippen LogP contribution is -1.95. The molecule has 0 bridgehead atoms. The standard InChI is InChI=1S/C9H13O3P/c1-8(10)13(11)12-7-9-5-3-2-4-6-9/h2-6,8,10,13H,7H2,1H3. The molecule has 13 heavy (non-hydrogen) atoms. The van der Waals surface area contributed by atoms with E-state index in [2.05, 4.69) is 0 Å². The van der Waals surface area contributed by atoms with Gasteiger partial charge in [-0.3, -0.25) is 4.57 Å². The summed E-state index contributed by atoms with van der Waals surface area (Å²) in [6, 6.07) is 9.45. The van der Waals surface area contributed by atoms with Crippen molar-refractivity contribution < 1.29 is 14.2 Å². The Bertz CT molecular complexity index is 271. The first kappa shape index (κ1) is 10.5. The topological polar surface area (TPSA) is 46.5 Å². The maximum atomic E-state index is 11.0. The normalized spacial score (nSPS) is 15.2. The predicted octanol–water partition coefficient (Wildman–Crippen LogP) is 2.02. The lowest BCUT2D eigenvalue weighted by atomic mass is 10.2.